The molecule has 0 aliphatic rings. The fraction of sp³-hybridized carbons (Fsp3) is 0.188. The van der Waals surface area contributed by atoms with E-state index in [1.54, 1.807) is 6.07 Å². The summed E-state index contributed by atoms with van der Waals surface area (Å²) in [5, 5.41) is 13.6. The molecule has 1 N–H and O–H groups in total. The van der Waals surface area contributed by atoms with E-state index in [1.807, 2.05) is 56.3 Å². The van der Waals surface area contributed by atoms with Crippen molar-refractivity contribution in [2.75, 3.05) is 0 Å². The van der Waals surface area contributed by atoms with Crippen molar-refractivity contribution in [3.63, 3.8) is 0 Å². The first kappa shape index (κ1) is 13.1. The number of phenols is 1. The lowest BCUT2D eigenvalue weighted by atomic mass is 10.1. The second-order valence-corrected chi connectivity index (χ2v) is 4.44. The number of rotatable bonds is 4. The molecule has 0 spiro atoms. The number of aromatic hydroxyl groups is 1. The average Bonchev–Trinajstić information content (AvgIpc) is 2.43. The van der Waals surface area contributed by atoms with E-state index in [2.05, 4.69) is 5.16 Å². The van der Waals surface area contributed by atoms with Crippen LogP contribution in [0, 0.1) is 6.92 Å². The van der Waals surface area contributed by atoms with Gasteiger partial charge < -0.3 is 9.94 Å². The zero-order valence-corrected chi connectivity index (χ0v) is 11.1. The van der Waals surface area contributed by atoms with Crippen molar-refractivity contribution in [1.82, 2.24) is 0 Å². The molecule has 0 saturated carbocycles. The third-order valence-corrected chi connectivity index (χ3v) is 2.89. The monoisotopic (exact) mass is 255 g/mol. The van der Waals surface area contributed by atoms with Crippen molar-refractivity contribution in [2.45, 2.75) is 20.5 Å². The maximum atomic E-state index is 9.48. The number of phenolic OH excluding ortho intramolecular Hbond substituents is 1. The number of nitrogens with zero attached hydrogens (tertiary/aromatic N) is 1. The van der Waals surface area contributed by atoms with E-state index in [0.29, 0.717) is 12.4 Å². The van der Waals surface area contributed by atoms with Crippen LogP contribution in [0.25, 0.3) is 0 Å². The Morgan fingerprint density at radius 2 is 1.89 bits per heavy atom. The molecule has 0 aromatic heterocycles. The van der Waals surface area contributed by atoms with Gasteiger partial charge in [-0.3, -0.25) is 0 Å². The van der Waals surface area contributed by atoms with Crippen LogP contribution in [0.15, 0.2) is 53.7 Å². The van der Waals surface area contributed by atoms with E-state index in [-0.39, 0.29) is 0 Å². The predicted octanol–water partition coefficient (Wildman–Crippen LogP) is 3.64. The Hall–Kier alpha value is -2.29. The molecule has 0 amide bonds. The molecule has 0 fully saturated rings. The van der Waals surface area contributed by atoms with Gasteiger partial charge in [-0.1, -0.05) is 35.5 Å². The zero-order valence-electron chi connectivity index (χ0n) is 11.1. The highest BCUT2D eigenvalue weighted by molar-refractivity contribution is 5.98. The summed E-state index contributed by atoms with van der Waals surface area (Å²) in [6.45, 7) is 4.20. The molecule has 0 aliphatic heterocycles. The van der Waals surface area contributed by atoms with E-state index in [1.165, 1.54) is 0 Å². The van der Waals surface area contributed by atoms with Crippen molar-refractivity contribution >= 4 is 5.71 Å². The third kappa shape index (κ3) is 3.58. The first-order valence-electron chi connectivity index (χ1n) is 6.17. The fourth-order valence-corrected chi connectivity index (χ4v) is 1.71. The van der Waals surface area contributed by atoms with Crippen LogP contribution in [0.5, 0.6) is 5.75 Å². The maximum absolute atomic E-state index is 9.48. The molecule has 0 aliphatic carbocycles. The van der Waals surface area contributed by atoms with E-state index in [0.717, 1.165) is 22.4 Å². The van der Waals surface area contributed by atoms with Gasteiger partial charge in [0.15, 0.2) is 0 Å². The van der Waals surface area contributed by atoms with Gasteiger partial charge >= 0.3 is 0 Å². The van der Waals surface area contributed by atoms with Crippen molar-refractivity contribution in [1.29, 1.82) is 0 Å². The second kappa shape index (κ2) is 6.05. The number of hydrogen-bond acceptors (Lipinski definition) is 3. The van der Waals surface area contributed by atoms with Gasteiger partial charge in [-0.2, -0.15) is 0 Å². The molecular formula is C16H17NO2. The molecular weight excluding hydrogens is 238 g/mol. The van der Waals surface area contributed by atoms with Crippen LogP contribution in [0.3, 0.4) is 0 Å². The molecule has 2 rings (SSSR count). The summed E-state index contributed by atoms with van der Waals surface area (Å²) < 4.78 is 0. The van der Waals surface area contributed by atoms with Crippen molar-refractivity contribution in [2.24, 2.45) is 5.16 Å². The largest absolute Gasteiger partial charge is 0.508 e. The minimum Gasteiger partial charge on any atom is -0.508 e. The molecule has 19 heavy (non-hydrogen) atoms. The van der Waals surface area contributed by atoms with Crippen LogP contribution < -0.4 is 0 Å². The normalized spacial score (nSPS) is 11.4. The number of aryl methyl sites for hydroxylation is 1. The fourth-order valence-electron chi connectivity index (χ4n) is 1.71. The Kier molecular flexibility index (Phi) is 4.18. The number of oxime groups is 1. The average molecular weight is 255 g/mol. The Labute approximate surface area is 113 Å². The molecule has 2 aromatic carbocycles. The topological polar surface area (TPSA) is 41.8 Å². The molecule has 98 valence electrons. The Morgan fingerprint density at radius 1 is 1.16 bits per heavy atom. The highest BCUT2D eigenvalue weighted by Crippen LogP contribution is 2.17. The highest BCUT2D eigenvalue weighted by atomic mass is 16.6. The van der Waals surface area contributed by atoms with E-state index in [9.17, 15) is 5.11 Å². The summed E-state index contributed by atoms with van der Waals surface area (Å²) in [4.78, 5) is 5.33. The number of benzene rings is 2. The van der Waals surface area contributed by atoms with Crippen LogP contribution in [0.2, 0.25) is 0 Å². The first-order valence-corrected chi connectivity index (χ1v) is 6.17. The molecule has 0 unspecified atom stereocenters. The van der Waals surface area contributed by atoms with Crippen LogP contribution >= 0.6 is 0 Å². The van der Waals surface area contributed by atoms with Crippen molar-refractivity contribution in [3.05, 3.63) is 65.2 Å². The zero-order chi connectivity index (χ0) is 13.7. The quantitative estimate of drug-likeness (QED) is 0.669. The summed E-state index contributed by atoms with van der Waals surface area (Å²) in [6.07, 6.45) is 0. The van der Waals surface area contributed by atoms with Gasteiger partial charge in [-0.05, 0) is 48.7 Å². The Bertz CT molecular complexity index is 577. The lowest BCUT2D eigenvalue weighted by Crippen LogP contribution is -1.97. The standard InChI is InChI=1S/C16H17NO2/c1-12-10-15(8-9-16(12)18)13(2)17-19-11-14-6-4-3-5-7-14/h3-10,18H,11H2,1-2H3. The molecule has 3 heteroatoms. The summed E-state index contributed by atoms with van der Waals surface area (Å²) in [6, 6.07) is 15.3. The molecule has 0 saturated heterocycles. The highest BCUT2D eigenvalue weighted by Gasteiger charge is 2.01. The van der Waals surface area contributed by atoms with E-state index in [4.69, 9.17) is 4.84 Å². The van der Waals surface area contributed by atoms with E-state index < -0.39 is 0 Å². The predicted molar refractivity (Wildman–Crippen MR) is 76.3 cm³/mol. The lowest BCUT2D eigenvalue weighted by molar-refractivity contribution is 0.130. The van der Waals surface area contributed by atoms with Crippen LogP contribution in [-0.2, 0) is 11.4 Å². The summed E-state index contributed by atoms with van der Waals surface area (Å²) in [5.41, 5.74) is 3.65. The maximum Gasteiger partial charge on any atom is 0.142 e. The molecule has 0 heterocycles. The minimum absolute atomic E-state index is 0.293. The molecule has 0 atom stereocenters. The SMILES string of the molecule is CC(=NOCc1ccccc1)c1ccc(O)c(C)c1. The van der Waals surface area contributed by atoms with Gasteiger partial charge in [0.05, 0.1) is 5.71 Å². The number of hydrogen-bond donors (Lipinski definition) is 1. The smallest absolute Gasteiger partial charge is 0.142 e. The molecule has 3 nitrogen and oxygen atoms in total. The molecule has 0 radical (unpaired) electrons. The molecule has 0 bridgehead atoms. The van der Waals surface area contributed by atoms with Crippen molar-refractivity contribution < 1.29 is 9.94 Å². The first-order chi connectivity index (χ1) is 9.16. The van der Waals surface area contributed by atoms with Gasteiger partial charge in [0.25, 0.3) is 0 Å². The van der Waals surface area contributed by atoms with E-state index >= 15 is 0 Å². The van der Waals surface area contributed by atoms with Gasteiger partial charge in [-0.25, -0.2) is 0 Å². The second-order valence-electron chi connectivity index (χ2n) is 4.44. The summed E-state index contributed by atoms with van der Waals surface area (Å²) in [7, 11) is 0. The Morgan fingerprint density at radius 3 is 2.58 bits per heavy atom. The third-order valence-electron chi connectivity index (χ3n) is 2.89. The molecule has 2 aromatic rings. The van der Waals surface area contributed by atoms with Crippen LogP contribution in [0.4, 0.5) is 0 Å². The Balaban J connectivity index is 2.01. The van der Waals surface area contributed by atoms with Crippen LogP contribution in [-0.4, -0.2) is 10.8 Å². The van der Waals surface area contributed by atoms with Gasteiger partial charge in [0, 0.05) is 0 Å². The van der Waals surface area contributed by atoms with Gasteiger partial charge in [-0.15, -0.1) is 0 Å². The van der Waals surface area contributed by atoms with Gasteiger partial charge in [0.2, 0.25) is 0 Å². The van der Waals surface area contributed by atoms with Crippen LogP contribution in [0.1, 0.15) is 23.6 Å². The minimum atomic E-state index is 0.293. The lowest BCUT2D eigenvalue weighted by Gasteiger charge is -2.05. The van der Waals surface area contributed by atoms with Gasteiger partial charge in [0.1, 0.15) is 12.4 Å². The summed E-state index contributed by atoms with van der Waals surface area (Å²) in [5.74, 6) is 0.293. The summed E-state index contributed by atoms with van der Waals surface area (Å²) >= 11 is 0. The van der Waals surface area contributed by atoms with Crippen molar-refractivity contribution in [3.8, 4) is 5.75 Å².